The Morgan fingerprint density at radius 2 is 1.72 bits per heavy atom. The van der Waals surface area contributed by atoms with Gasteiger partial charge in [0.1, 0.15) is 0 Å². The molecule has 1 aliphatic rings. The molecule has 1 fully saturated rings. The third kappa shape index (κ3) is 6.62. The summed E-state index contributed by atoms with van der Waals surface area (Å²) in [4.78, 5) is 20.0. The van der Waals surface area contributed by atoms with Crippen LogP contribution in [0.3, 0.4) is 0 Å². The van der Waals surface area contributed by atoms with Crippen molar-refractivity contribution in [3.63, 3.8) is 0 Å². The third-order valence-electron chi connectivity index (χ3n) is 7.07. The summed E-state index contributed by atoms with van der Waals surface area (Å²) in [5.41, 5.74) is 1.66. The lowest BCUT2D eigenvalue weighted by Gasteiger charge is -2.36. The Balaban J connectivity index is 1.87. The van der Waals surface area contributed by atoms with Crippen molar-refractivity contribution >= 4 is 24.2 Å². The maximum atomic E-state index is 13.5. The topological polar surface area (TPSA) is 109 Å². The number of piperazine rings is 1. The molecule has 2 aromatic rings. The van der Waals surface area contributed by atoms with E-state index >= 15 is 0 Å². The van der Waals surface area contributed by atoms with Gasteiger partial charge in [0, 0.05) is 44.7 Å². The summed E-state index contributed by atoms with van der Waals surface area (Å²) < 4.78 is 33.1. The molecule has 2 heterocycles. The molecule has 0 N–H and O–H groups in total. The molecule has 0 unspecified atom stereocenters. The monoisotopic (exact) mass is 531 g/mol. The molecule has 3 rings (SSSR count). The second kappa shape index (κ2) is 10.8. The van der Waals surface area contributed by atoms with Crippen LogP contribution in [-0.2, 0) is 20.9 Å². The highest BCUT2D eigenvalue weighted by Gasteiger charge is 2.36. The molecule has 1 saturated heterocycles. The number of hydrogen-bond acceptors (Lipinski definition) is 7. The summed E-state index contributed by atoms with van der Waals surface area (Å²) in [5, 5.41) is 9.26. The Bertz CT molecular complexity index is 1270. The number of hydrogen-bond donors (Lipinski definition) is 0. The Hall–Kier alpha value is -2.52. The average molecular weight is 532 g/mol. The number of benzene rings is 1. The molecule has 9 nitrogen and oxygen atoms in total. The van der Waals surface area contributed by atoms with Gasteiger partial charge in [0.2, 0.25) is 10.0 Å². The number of rotatable bonds is 8. The van der Waals surface area contributed by atoms with Crippen molar-refractivity contribution in [2.24, 2.45) is 0 Å². The van der Waals surface area contributed by atoms with Gasteiger partial charge in [-0.1, -0.05) is 20.8 Å². The molecule has 0 amide bonds. The van der Waals surface area contributed by atoms with Crippen LogP contribution in [0.5, 0.6) is 0 Å². The second-order valence-electron chi connectivity index (χ2n) is 10.8. The molecule has 0 saturated carbocycles. The Morgan fingerprint density at radius 1 is 1.11 bits per heavy atom. The zero-order valence-corrected chi connectivity index (χ0v) is 23.9. The van der Waals surface area contributed by atoms with Crippen LogP contribution in [0.4, 0.5) is 5.82 Å². The number of nitrogens with zero attached hydrogens (tertiary/aromatic N) is 5. The van der Waals surface area contributed by atoms with E-state index in [0.717, 1.165) is 12.1 Å². The van der Waals surface area contributed by atoms with Gasteiger partial charge in [0.25, 0.3) is 5.56 Å². The van der Waals surface area contributed by atoms with Crippen molar-refractivity contribution in [1.82, 2.24) is 13.9 Å². The third-order valence-corrected chi connectivity index (χ3v) is 12.9. The van der Waals surface area contributed by atoms with E-state index in [9.17, 15) is 13.2 Å². The molecular weight excluding hydrogens is 494 g/mol. The van der Waals surface area contributed by atoms with E-state index in [0.29, 0.717) is 56.3 Å². The van der Waals surface area contributed by atoms with Crippen LogP contribution in [0.25, 0.3) is 5.69 Å². The number of nitriles is 1. The fourth-order valence-electron chi connectivity index (χ4n) is 3.77. The van der Waals surface area contributed by atoms with Crippen LogP contribution < -0.4 is 10.5 Å². The minimum Gasteiger partial charge on any atom is -0.417 e. The molecule has 0 atom stereocenters. The van der Waals surface area contributed by atoms with Crippen LogP contribution in [0.2, 0.25) is 18.1 Å². The molecule has 0 radical (unpaired) electrons. The lowest BCUT2D eigenvalue weighted by atomic mass is 10.2. The fraction of sp³-hybridized carbons (Fsp3) is 0.560. The first-order valence-corrected chi connectivity index (χ1v) is 17.0. The van der Waals surface area contributed by atoms with Crippen LogP contribution in [-0.4, -0.2) is 69.6 Å². The van der Waals surface area contributed by atoms with Gasteiger partial charge in [0.05, 0.1) is 23.6 Å². The normalized spacial score (nSPS) is 15.6. The highest BCUT2D eigenvalue weighted by molar-refractivity contribution is 7.88. The van der Waals surface area contributed by atoms with Gasteiger partial charge in [-0.15, -0.1) is 0 Å². The second-order valence-corrected chi connectivity index (χ2v) is 17.5. The molecule has 11 heteroatoms. The molecule has 196 valence electrons. The van der Waals surface area contributed by atoms with E-state index in [1.165, 1.54) is 10.6 Å². The molecule has 0 aliphatic carbocycles. The van der Waals surface area contributed by atoms with E-state index in [-0.39, 0.29) is 10.6 Å². The summed E-state index contributed by atoms with van der Waals surface area (Å²) in [5.74, 6) is 0.315. The Kier molecular flexibility index (Phi) is 8.45. The van der Waals surface area contributed by atoms with Gasteiger partial charge in [-0.2, -0.15) is 9.57 Å². The van der Waals surface area contributed by atoms with Crippen molar-refractivity contribution in [3.05, 3.63) is 52.1 Å². The summed E-state index contributed by atoms with van der Waals surface area (Å²) in [7, 11) is -5.13. The molecule has 1 aliphatic heterocycles. The molecule has 1 aromatic heterocycles. The minimum absolute atomic E-state index is 0.134. The van der Waals surface area contributed by atoms with Gasteiger partial charge in [0.15, 0.2) is 14.1 Å². The quantitative estimate of drug-likeness (QED) is 0.380. The summed E-state index contributed by atoms with van der Waals surface area (Å²) in [6.07, 6.45) is 4.37. The first kappa shape index (κ1) is 28.1. The number of aryl methyl sites for hydroxylation is 1. The van der Waals surface area contributed by atoms with E-state index in [2.05, 4.69) is 39.9 Å². The molecule has 0 spiro atoms. The predicted octanol–water partition coefficient (Wildman–Crippen LogP) is 3.14. The smallest absolute Gasteiger partial charge is 0.298 e. The van der Waals surface area contributed by atoms with Gasteiger partial charge >= 0.3 is 0 Å². The first-order valence-electron chi connectivity index (χ1n) is 12.2. The van der Waals surface area contributed by atoms with Crippen LogP contribution in [0, 0.1) is 11.3 Å². The van der Waals surface area contributed by atoms with Crippen LogP contribution >= 0.6 is 0 Å². The predicted molar refractivity (Wildman–Crippen MR) is 145 cm³/mol. The molecule has 0 bridgehead atoms. The first-order chi connectivity index (χ1) is 16.7. The highest BCUT2D eigenvalue weighted by Crippen LogP contribution is 2.36. The summed E-state index contributed by atoms with van der Waals surface area (Å²) >= 11 is 0. The van der Waals surface area contributed by atoms with E-state index < -0.39 is 18.3 Å². The van der Waals surface area contributed by atoms with Crippen molar-refractivity contribution in [2.75, 3.05) is 43.9 Å². The zero-order chi connectivity index (χ0) is 26.7. The van der Waals surface area contributed by atoms with E-state index in [4.69, 9.17) is 14.7 Å². The van der Waals surface area contributed by atoms with Crippen molar-refractivity contribution in [3.8, 4) is 11.8 Å². The zero-order valence-electron chi connectivity index (χ0n) is 22.1. The van der Waals surface area contributed by atoms with E-state index in [1.54, 1.807) is 35.0 Å². The largest absolute Gasteiger partial charge is 0.417 e. The minimum atomic E-state index is -3.28. The lowest BCUT2D eigenvalue weighted by Crippen LogP contribution is -2.50. The summed E-state index contributed by atoms with van der Waals surface area (Å²) in [6, 6.07) is 8.95. The standard InChI is InChI=1S/C25H37N5O4SSi/c1-25(2,3)36(5,6)34-17-7-8-21-19-30(22-11-9-20(18-26)10-12-22)24(31)23(27-21)28-13-15-29(16-14-28)35(4,32)33/h9-12,19H,7-8,13-17H2,1-6H3. The lowest BCUT2D eigenvalue weighted by molar-refractivity contribution is 0.282. The maximum absolute atomic E-state index is 13.5. The SMILES string of the molecule is CC(C)(C)[Si](C)(C)OCCCc1cn(-c2ccc(C#N)cc2)c(=O)c(N2CCN(S(C)(=O)=O)CC2)n1. The number of sulfonamides is 1. The number of aromatic nitrogens is 2. The molecule has 1 aromatic carbocycles. The van der Waals surface area contributed by atoms with E-state index in [1.807, 2.05) is 4.90 Å². The Labute approximate surface area is 215 Å². The van der Waals surface area contributed by atoms with Gasteiger partial charge in [-0.05, 0) is 55.2 Å². The highest BCUT2D eigenvalue weighted by atomic mass is 32.2. The number of anilines is 1. The van der Waals surface area contributed by atoms with Crippen molar-refractivity contribution < 1.29 is 12.8 Å². The van der Waals surface area contributed by atoms with Gasteiger partial charge in [-0.3, -0.25) is 9.36 Å². The van der Waals surface area contributed by atoms with Gasteiger partial charge in [-0.25, -0.2) is 13.4 Å². The Morgan fingerprint density at radius 3 is 2.25 bits per heavy atom. The van der Waals surface area contributed by atoms with Crippen LogP contribution in [0.15, 0.2) is 35.3 Å². The molecule has 36 heavy (non-hydrogen) atoms. The average Bonchev–Trinajstić information content (AvgIpc) is 2.81. The van der Waals surface area contributed by atoms with Crippen LogP contribution in [0.1, 0.15) is 38.4 Å². The molecular formula is C25H37N5O4SSi. The van der Waals surface area contributed by atoms with Gasteiger partial charge < -0.3 is 9.33 Å². The summed E-state index contributed by atoms with van der Waals surface area (Å²) in [6.45, 7) is 13.1. The van der Waals surface area contributed by atoms with Crippen molar-refractivity contribution in [1.29, 1.82) is 5.26 Å². The maximum Gasteiger partial charge on any atom is 0.298 e. The van der Waals surface area contributed by atoms with Crippen molar-refractivity contribution in [2.45, 2.75) is 51.7 Å². The fourth-order valence-corrected chi connectivity index (χ4v) is 5.69.